The van der Waals surface area contributed by atoms with Crippen LogP contribution in [0.1, 0.15) is 0 Å². The van der Waals surface area contributed by atoms with Crippen molar-refractivity contribution in [1.29, 1.82) is 0 Å². The van der Waals surface area contributed by atoms with Gasteiger partial charge >= 0.3 is 29.6 Å². The van der Waals surface area contributed by atoms with E-state index in [4.69, 9.17) is 4.55 Å². The Morgan fingerprint density at radius 3 is 1.94 bits per heavy atom. The van der Waals surface area contributed by atoms with Crippen LogP contribution in [0.3, 0.4) is 0 Å². The molecule has 0 heterocycles. The van der Waals surface area contributed by atoms with E-state index in [1.807, 2.05) is 30.3 Å². The average molecular weight is 276 g/mol. The predicted molar refractivity (Wildman–Crippen MR) is 72.5 cm³/mol. The van der Waals surface area contributed by atoms with Gasteiger partial charge in [0.1, 0.15) is 0 Å². The SMILES string of the molecule is O.O=S(=O)(O)c1cccc(-c2ccccc2)c1.[NaH]. The molecule has 0 aliphatic rings. The maximum absolute atomic E-state index is 11.0. The normalized spacial score (nSPS) is 10.1. The van der Waals surface area contributed by atoms with Crippen molar-refractivity contribution < 1.29 is 18.4 Å². The summed E-state index contributed by atoms with van der Waals surface area (Å²) in [6.07, 6.45) is 0. The van der Waals surface area contributed by atoms with Gasteiger partial charge in [-0.15, -0.1) is 0 Å². The second-order valence-corrected chi connectivity index (χ2v) is 4.79. The molecule has 3 N–H and O–H groups in total. The van der Waals surface area contributed by atoms with Crippen molar-refractivity contribution in [1.82, 2.24) is 0 Å². The van der Waals surface area contributed by atoms with Gasteiger partial charge in [-0.2, -0.15) is 8.42 Å². The first-order valence-corrected chi connectivity index (χ1v) is 6.14. The van der Waals surface area contributed by atoms with Gasteiger partial charge in [-0.05, 0) is 23.3 Å². The van der Waals surface area contributed by atoms with Crippen LogP contribution in [0.4, 0.5) is 0 Å². The second kappa shape index (κ2) is 7.04. The maximum atomic E-state index is 11.0. The van der Waals surface area contributed by atoms with E-state index < -0.39 is 10.1 Å². The molecule has 4 nitrogen and oxygen atoms in total. The number of rotatable bonds is 2. The van der Waals surface area contributed by atoms with Crippen molar-refractivity contribution in [3.05, 3.63) is 54.6 Å². The zero-order chi connectivity index (χ0) is 11.6. The molecule has 18 heavy (non-hydrogen) atoms. The molecule has 0 bridgehead atoms. The molecule has 92 valence electrons. The molecular weight excluding hydrogens is 263 g/mol. The molecule has 0 amide bonds. The first-order valence-electron chi connectivity index (χ1n) is 4.70. The van der Waals surface area contributed by atoms with Gasteiger partial charge in [0.15, 0.2) is 0 Å². The van der Waals surface area contributed by atoms with Crippen LogP contribution in [0.2, 0.25) is 0 Å². The summed E-state index contributed by atoms with van der Waals surface area (Å²) in [7, 11) is -4.13. The summed E-state index contributed by atoms with van der Waals surface area (Å²) in [6, 6.07) is 15.6. The van der Waals surface area contributed by atoms with E-state index in [2.05, 4.69) is 0 Å². The van der Waals surface area contributed by atoms with Gasteiger partial charge in [-0.1, -0.05) is 42.5 Å². The molecule has 0 fully saturated rings. The van der Waals surface area contributed by atoms with Gasteiger partial charge in [0, 0.05) is 0 Å². The fourth-order valence-electron chi connectivity index (χ4n) is 1.47. The van der Waals surface area contributed by atoms with Gasteiger partial charge in [0.2, 0.25) is 0 Å². The summed E-state index contributed by atoms with van der Waals surface area (Å²) < 4.78 is 30.9. The third kappa shape index (κ3) is 4.20. The topological polar surface area (TPSA) is 85.9 Å². The molecule has 0 aromatic heterocycles. The first kappa shape index (κ1) is 17.3. The van der Waals surface area contributed by atoms with Crippen molar-refractivity contribution in [2.24, 2.45) is 0 Å². The van der Waals surface area contributed by atoms with Crippen LogP contribution < -0.4 is 0 Å². The van der Waals surface area contributed by atoms with Gasteiger partial charge in [0.05, 0.1) is 4.90 Å². The van der Waals surface area contributed by atoms with Crippen molar-refractivity contribution in [2.75, 3.05) is 0 Å². The molecule has 6 heteroatoms. The van der Waals surface area contributed by atoms with Crippen LogP contribution in [-0.4, -0.2) is 48.0 Å². The minimum absolute atomic E-state index is 0. The summed E-state index contributed by atoms with van der Waals surface area (Å²) in [4.78, 5) is -0.0890. The minimum atomic E-state index is -4.13. The van der Waals surface area contributed by atoms with E-state index in [0.717, 1.165) is 11.1 Å². The zero-order valence-electron chi connectivity index (χ0n) is 8.87. The Bertz CT molecular complexity index is 596. The summed E-state index contributed by atoms with van der Waals surface area (Å²) >= 11 is 0. The number of benzene rings is 2. The Hall–Kier alpha value is -0.690. The molecule has 0 atom stereocenters. The summed E-state index contributed by atoms with van der Waals surface area (Å²) in [5.41, 5.74) is 1.67. The quantitative estimate of drug-likeness (QED) is 0.659. The molecular formula is C12H13NaO4S. The van der Waals surface area contributed by atoms with Crippen molar-refractivity contribution >= 4 is 39.7 Å². The van der Waals surface area contributed by atoms with Gasteiger partial charge in [-0.25, -0.2) is 0 Å². The van der Waals surface area contributed by atoms with E-state index in [1.165, 1.54) is 12.1 Å². The fraction of sp³-hybridized carbons (Fsp3) is 0. The number of hydrogen-bond donors (Lipinski definition) is 1. The van der Waals surface area contributed by atoms with Crippen LogP contribution in [0, 0.1) is 0 Å². The van der Waals surface area contributed by atoms with Gasteiger partial charge < -0.3 is 5.48 Å². The Morgan fingerprint density at radius 2 is 1.39 bits per heavy atom. The van der Waals surface area contributed by atoms with Crippen molar-refractivity contribution in [2.45, 2.75) is 4.90 Å². The Labute approximate surface area is 128 Å². The summed E-state index contributed by atoms with van der Waals surface area (Å²) in [5.74, 6) is 0. The van der Waals surface area contributed by atoms with Crippen LogP contribution in [-0.2, 0) is 10.1 Å². The summed E-state index contributed by atoms with van der Waals surface area (Å²) in [5, 5.41) is 0. The predicted octanol–water partition coefficient (Wildman–Crippen LogP) is 1.13. The first-order chi connectivity index (χ1) is 7.57. The number of hydrogen-bond acceptors (Lipinski definition) is 2. The van der Waals surface area contributed by atoms with Gasteiger partial charge in [0.25, 0.3) is 10.1 Å². The van der Waals surface area contributed by atoms with E-state index in [-0.39, 0.29) is 39.9 Å². The van der Waals surface area contributed by atoms with E-state index >= 15 is 0 Å². The second-order valence-electron chi connectivity index (χ2n) is 3.37. The third-order valence-corrected chi connectivity index (χ3v) is 3.09. The zero-order valence-corrected chi connectivity index (χ0v) is 9.68. The molecule has 0 aliphatic heterocycles. The molecule has 0 spiro atoms. The monoisotopic (exact) mass is 276 g/mol. The third-order valence-electron chi connectivity index (χ3n) is 2.24. The Balaban J connectivity index is 0.00000144. The molecule has 0 saturated heterocycles. The standard InChI is InChI=1S/C12H10O3S.Na.H2O.H/c13-16(14,15)12-8-4-7-11(9-12)10-5-2-1-3-6-10;;;/h1-9H,(H,13,14,15);;1H2;. The Kier molecular flexibility index (Phi) is 6.77. The fourth-order valence-corrected chi connectivity index (χ4v) is 1.99. The molecule has 2 rings (SSSR count). The van der Waals surface area contributed by atoms with Crippen molar-refractivity contribution in [3.8, 4) is 11.1 Å². The van der Waals surface area contributed by atoms with Crippen LogP contribution >= 0.6 is 0 Å². The van der Waals surface area contributed by atoms with E-state index in [0.29, 0.717) is 0 Å². The molecule has 0 unspecified atom stereocenters. The molecule has 0 saturated carbocycles. The van der Waals surface area contributed by atoms with Crippen LogP contribution in [0.25, 0.3) is 11.1 Å². The van der Waals surface area contributed by atoms with E-state index in [1.54, 1.807) is 12.1 Å². The molecule has 0 radical (unpaired) electrons. The van der Waals surface area contributed by atoms with Crippen molar-refractivity contribution in [3.63, 3.8) is 0 Å². The molecule has 0 aliphatic carbocycles. The summed E-state index contributed by atoms with van der Waals surface area (Å²) in [6.45, 7) is 0. The van der Waals surface area contributed by atoms with Crippen LogP contribution in [0.5, 0.6) is 0 Å². The average Bonchev–Trinajstić information content (AvgIpc) is 2.29. The van der Waals surface area contributed by atoms with Gasteiger partial charge in [-0.3, -0.25) is 4.55 Å². The van der Waals surface area contributed by atoms with E-state index in [9.17, 15) is 8.42 Å². The van der Waals surface area contributed by atoms with Crippen LogP contribution in [0.15, 0.2) is 59.5 Å². The molecule has 2 aromatic carbocycles. The molecule has 2 aromatic rings. The Morgan fingerprint density at radius 1 is 0.833 bits per heavy atom.